The lowest BCUT2D eigenvalue weighted by atomic mass is 10.3. The molecule has 0 saturated heterocycles. The molecular weight excluding hydrogens is 252 g/mol. The van der Waals surface area contributed by atoms with Gasteiger partial charge in [0.1, 0.15) is 0 Å². The second kappa shape index (κ2) is 3.99. The van der Waals surface area contributed by atoms with Crippen LogP contribution in [0.25, 0.3) is 5.69 Å². The Bertz CT molecular complexity index is 627. The lowest BCUT2D eigenvalue weighted by Crippen LogP contribution is -2.21. The number of benzene rings is 1. The van der Waals surface area contributed by atoms with Gasteiger partial charge in [0.15, 0.2) is 0 Å². The van der Waals surface area contributed by atoms with E-state index in [-0.39, 0.29) is 11.4 Å². The van der Waals surface area contributed by atoms with E-state index in [4.69, 9.17) is 0 Å². The van der Waals surface area contributed by atoms with Crippen molar-refractivity contribution in [3.05, 3.63) is 53.7 Å². The lowest BCUT2D eigenvalue weighted by Gasteiger charge is -1.98. The summed E-state index contributed by atoms with van der Waals surface area (Å²) in [6, 6.07) is 5.41. The molecule has 0 N–H and O–H groups in total. The highest BCUT2D eigenvalue weighted by Crippen LogP contribution is 2.15. The largest absolute Gasteiger partial charge is 0.325 e. The minimum Gasteiger partial charge on any atom is -0.258 e. The maximum atomic E-state index is 11.3. The molecule has 2 rings (SSSR count). The van der Waals surface area contributed by atoms with Crippen molar-refractivity contribution in [3.63, 3.8) is 0 Å². The number of nitro benzene ring substituents is 1. The SMILES string of the molecule is O=c1ssc(=O)n1-c1cccc([N+](=O)[O-])c1. The van der Waals surface area contributed by atoms with Gasteiger partial charge in [-0.25, -0.2) is 4.57 Å². The molecule has 0 aliphatic rings. The molecule has 0 atom stereocenters. The van der Waals surface area contributed by atoms with Crippen LogP contribution in [0.2, 0.25) is 0 Å². The number of hydrogen-bond acceptors (Lipinski definition) is 6. The van der Waals surface area contributed by atoms with E-state index in [0.29, 0.717) is 0 Å². The summed E-state index contributed by atoms with van der Waals surface area (Å²) in [5, 5.41) is 10.5. The first kappa shape index (κ1) is 10.7. The third-order valence-corrected chi connectivity index (χ3v) is 3.69. The van der Waals surface area contributed by atoms with Gasteiger partial charge in [-0.05, 0) is 26.7 Å². The molecule has 1 aromatic heterocycles. The van der Waals surface area contributed by atoms with Crippen LogP contribution in [0, 0.1) is 10.1 Å². The number of nitro groups is 1. The summed E-state index contributed by atoms with van der Waals surface area (Å²) >= 11 is 0. The smallest absolute Gasteiger partial charge is 0.258 e. The Hall–Kier alpha value is -1.80. The van der Waals surface area contributed by atoms with Crippen LogP contribution >= 0.6 is 20.7 Å². The normalized spacial score (nSPS) is 10.2. The second-order valence-corrected chi connectivity index (χ2v) is 4.84. The molecule has 0 aliphatic heterocycles. The van der Waals surface area contributed by atoms with E-state index in [1.54, 1.807) is 0 Å². The van der Waals surface area contributed by atoms with Crippen LogP contribution in [0.5, 0.6) is 0 Å². The van der Waals surface area contributed by atoms with Crippen molar-refractivity contribution in [1.29, 1.82) is 0 Å². The van der Waals surface area contributed by atoms with Gasteiger partial charge in [-0.15, -0.1) is 0 Å². The number of non-ortho nitro benzene ring substituents is 1. The first-order chi connectivity index (χ1) is 7.59. The van der Waals surface area contributed by atoms with Crippen molar-refractivity contribution in [2.75, 3.05) is 0 Å². The molecule has 0 fully saturated rings. The number of hydrogen-bond donors (Lipinski definition) is 0. The fourth-order valence-electron chi connectivity index (χ4n) is 1.18. The first-order valence-corrected chi connectivity index (χ1v) is 6.21. The van der Waals surface area contributed by atoms with Crippen molar-refractivity contribution in [2.24, 2.45) is 0 Å². The van der Waals surface area contributed by atoms with E-state index >= 15 is 0 Å². The quantitative estimate of drug-likeness (QED) is 0.459. The van der Waals surface area contributed by atoms with Crippen LogP contribution in [-0.2, 0) is 0 Å². The molecular formula is C8H4N2O4S2. The van der Waals surface area contributed by atoms with E-state index in [0.717, 1.165) is 25.2 Å². The number of rotatable bonds is 2. The van der Waals surface area contributed by atoms with E-state index in [2.05, 4.69) is 0 Å². The predicted molar refractivity (Wildman–Crippen MR) is 60.7 cm³/mol. The molecule has 1 aromatic carbocycles. The summed E-state index contributed by atoms with van der Waals surface area (Å²) < 4.78 is 0.919. The van der Waals surface area contributed by atoms with Crippen molar-refractivity contribution < 1.29 is 4.92 Å². The maximum Gasteiger partial charge on any atom is 0.325 e. The zero-order valence-corrected chi connectivity index (χ0v) is 9.29. The van der Waals surface area contributed by atoms with Crippen molar-refractivity contribution in [3.8, 4) is 5.69 Å². The Morgan fingerprint density at radius 3 is 2.38 bits per heavy atom. The highest BCUT2D eigenvalue weighted by atomic mass is 32.9. The number of nitrogens with zero attached hydrogens (tertiary/aromatic N) is 2. The molecule has 1 heterocycles. The van der Waals surface area contributed by atoms with Crippen LogP contribution in [0.1, 0.15) is 0 Å². The van der Waals surface area contributed by atoms with Crippen molar-refractivity contribution in [2.45, 2.75) is 0 Å². The molecule has 0 spiro atoms. The molecule has 0 radical (unpaired) electrons. The zero-order valence-electron chi connectivity index (χ0n) is 7.65. The van der Waals surface area contributed by atoms with Gasteiger partial charge in [0.05, 0.1) is 10.6 Å². The first-order valence-electron chi connectivity index (χ1n) is 4.06. The molecule has 0 bridgehead atoms. The van der Waals surface area contributed by atoms with Crippen LogP contribution in [0.4, 0.5) is 5.69 Å². The highest BCUT2D eigenvalue weighted by molar-refractivity contribution is 7.67. The van der Waals surface area contributed by atoms with E-state index < -0.39 is 14.7 Å². The Kier molecular flexibility index (Phi) is 2.67. The van der Waals surface area contributed by atoms with Crippen LogP contribution in [0.15, 0.2) is 33.9 Å². The molecule has 8 heteroatoms. The molecule has 0 aliphatic carbocycles. The predicted octanol–water partition coefficient (Wildman–Crippen LogP) is 1.23. The highest BCUT2D eigenvalue weighted by Gasteiger charge is 2.11. The van der Waals surface area contributed by atoms with Gasteiger partial charge in [-0.3, -0.25) is 19.7 Å². The van der Waals surface area contributed by atoms with Crippen molar-refractivity contribution >= 4 is 26.4 Å². The van der Waals surface area contributed by atoms with Gasteiger partial charge in [0, 0.05) is 12.1 Å². The van der Waals surface area contributed by atoms with Gasteiger partial charge in [-0.1, -0.05) is 6.07 Å². The van der Waals surface area contributed by atoms with E-state index in [1.807, 2.05) is 0 Å². The third kappa shape index (κ3) is 1.79. The molecule has 0 amide bonds. The Morgan fingerprint density at radius 1 is 1.19 bits per heavy atom. The Morgan fingerprint density at radius 2 is 1.81 bits per heavy atom. The molecule has 82 valence electrons. The maximum absolute atomic E-state index is 11.3. The molecule has 0 unspecified atom stereocenters. The summed E-state index contributed by atoms with van der Waals surface area (Å²) in [5.41, 5.74) is 0.0710. The van der Waals surface area contributed by atoms with Gasteiger partial charge < -0.3 is 0 Å². The topological polar surface area (TPSA) is 82.2 Å². The summed E-state index contributed by atoms with van der Waals surface area (Å²) in [4.78, 5) is 31.8. The summed E-state index contributed by atoms with van der Waals surface area (Å²) in [7, 11) is 1.61. The standard InChI is InChI=1S/C8H4N2O4S2/c11-7-9(8(12)16-15-7)5-2-1-3-6(4-5)10(13)14/h1-4H. The number of aromatic nitrogens is 1. The van der Waals surface area contributed by atoms with E-state index in [9.17, 15) is 19.7 Å². The third-order valence-electron chi connectivity index (χ3n) is 1.85. The minimum absolute atomic E-state index is 0.153. The van der Waals surface area contributed by atoms with E-state index in [1.165, 1.54) is 24.3 Å². The second-order valence-electron chi connectivity index (χ2n) is 2.81. The molecule has 6 nitrogen and oxygen atoms in total. The van der Waals surface area contributed by atoms with Crippen molar-refractivity contribution in [1.82, 2.24) is 4.57 Å². The van der Waals surface area contributed by atoms with Gasteiger partial charge in [0.2, 0.25) is 0 Å². The van der Waals surface area contributed by atoms with Crippen LogP contribution in [-0.4, -0.2) is 9.49 Å². The summed E-state index contributed by atoms with van der Waals surface area (Å²) in [6.45, 7) is 0. The fourth-order valence-corrected chi connectivity index (χ4v) is 2.78. The van der Waals surface area contributed by atoms with Gasteiger partial charge in [-0.2, -0.15) is 0 Å². The van der Waals surface area contributed by atoms with Gasteiger partial charge >= 0.3 is 9.75 Å². The Balaban J connectivity index is 2.66. The molecule has 16 heavy (non-hydrogen) atoms. The molecule has 0 saturated carbocycles. The van der Waals surface area contributed by atoms with Gasteiger partial charge in [0.25, 0.3) is 5.69 Å². The van der Waals surface area contributed by atoms with Crippen LogP contribution in [0.3, 0.4) is 0 Å². The fraction of sp³-hybridized carbons (Fsp3) is 0. The van der Waals surface area contributed by atoms with Crippen LogP contribution < -0.4 is 9.75 Å². The Labute approximate surface area is 95.6 Å². The summed E-state index contributed by atoms with van der Waals surface area (Å²) in [5.74, 6) is 0. The average molecular weight is 256 g/mol. The lowest BCUT2D eigenvalue weighted by molar-refractivity contribution is -0.384. The summed E-state index contributed by atoms with van der Waals surface area (Å²) in [6.07, 6.45) is 0. The monoisotopic (exact) mass is 256 g/mol. The minimum atomic E-state index is -0.575. The zero-order chi connectivity index (χ0) is 11.7. The molecule has 2 aromatic rings. The average Bonchev–Trinajstić information content (AvgIpc) is 2.59.